The summed E-state index contributed by atoms with van der Waals surface area (Å²) in [5, 5.41) is 5.15. The van der Waals surface area contributed by atoms with E-state index in [0.717, 1.165) is 12.0 Å². The van der Waals surface area contributed by atoms with Crippen LogP contribution >= 0.6 is 11.6 Å². The number of nitrogens with two attached hydrogens (primary N) is 1. The van der Waals surface area contributed by atoms with Gasteiger partial charge in [-0.1, -0.05) is 35.9 Å². The number of carbonyl (C=O) groups excluding carboxylic acids is 3. The minimum atomic E-state index is -4.57. The van der Waals surface area contributed by atoms with Gasteiger partial charge in [-0.05, 0) is 60.4 Å². The number of benzene rings is 3. The van der Waals surface area contributed by atoms with Crippen molar-refractivity contribution in [2.24, 2.45) is 5.73 Å². The number of amides is 3. The summed E-state index contributed by atoms with van der Waals surface area (Å²) in [6.45, 7) is -1.44. The predicted molar refractivity (Wildman–Crippen MR) is 175 cm³/mol. The van der Waals surface area contributed by atoms with Gasteiger partial charge in [0.1, 0.15) is 19.0 Å². The number of rotatable bonds is 11. The molecule has 1 fully saturated rings. The summed E-state index contributed by atoms with van der Waals surface area (Å²) in [5.41, 5.74) is 7.85. The number of anilines is 1. The van der Waals surface area contributed by atoms with Gasteiger partial charge in [-0.2, -0.15) is 13.2 Å². The first-order valence-corrected chi connectivity index (χ1v) is 16.1. The smallest absolute Gasteiger partial charge is 0.420 e. The Bertz CT molecular complexity index is 1710. The van der Waals surface area contributed by atoms with E-state index in [2.05, 4.69) is 5.32 Å². The van der Waals surface area contributed by atoms with Crippen LogP contribution in [0.15, 0.2) is 60.7 Å². The molecule has 0 aliphatic carbocycles. The highest BCUT2D eigenvalue weighted by atomic mass is 35.5. The van der Waals surface area contributed by atoms with Gasteiger partial charge in [-0.15, -0.1) is 0 Å². The number of carbonyl (C=O) groups is 3. The molecule has 12 nitrogen and oxygen atoms in total. The first-order chi connectivity index (χ1) is 24.3. The van der Waals surface area contributed by atoms with Crippen molar-refractivity contribution in [2.45, 2.75) is 43.1 Å². The van der Waals surface area contributed by atoms with Crippen LogP contribution in [0, 0.1) is 5.82 Å². The van der Waals surface area contributed by atoms with Gasteiger partial charge in [-0.3, -0.25) is 4.79 Å². The summed E-state index contributed by atoms with van der Waals surface area (Å²) in [6.07, 6.45) is -7.08. The summed E-state index contributed by atoms with van der Waals surface area (Å²) >= 11 is 6.14. The molecule has 3 amide bonds. The Balaban J connectivity index is 1.31. The third-order valence-electron chi connectivity index (χ3n) is 8.27. The second-order valence-electron chi connectivity index (χ2n) is 11.7. The largest absolute Gasteiger partial charge is 0.454 e. The quantitative estimate of drug-likeness (QED) is 0.228. The molecule has 0 aromatic heterocycles. The predicted octanol–water partition coefficient (Wildman–Crippen LogP) is 5.04. The molecule has 0 saturated carbocycles. The lowest BCUT2D eigenvalue weighted by atomic mass is 9.84. The fourth-order valence-corrected chi connectivity index (χ4v) is 5.87. The number of alkyl halides is 3. The van der Waals surface area contributed by atoms with Crippen LogP contribution in [0.1, 0.15) is 29.0 Å². The monoisotopic (exact) mass is 738 g/mol. The maximum Gasteiger partial charge on any atom is 0.420 e. The lowest BCUT2D eigenvalue weighted by molar-refractivity contribution is -0.124. The molecule has 4 N–H and O–H groups in total. The molecule has 1 saturated heterocycles. The molecule has 3 aromatic carbocycles. The number of ether oxygens (including phenoxy) is 5. The van der Waals surface area contributed by atoms with Gasteiger partial charge in [0.15, 0.2) is 11.5 Å². The zero-order valence-corrected chi connectivity index (χ0v) is 28.0. The summed E-state index contributed by atoms with van der Waals surface area (Å²) in [5.74, 6) is -1.41. The number of hydrogen-bond donors (Lipinski definition) is 3. The fraction of sp³-hybridized carbons (Fsp3) is 0.382. The Hall–Kier alpha value is -4.64. The van der Waals surface area contributed by atoms with Crippen LogP contribution in [0.2, 0.25) is 5.02 Å². The van der Waals surface area contributed by atoms with Gasteiger partial charge in [0.05, 0.1) is 37.6 Å². The average molecular weight is 739 g/mol. The highest BCUT2D eigenvalue weighted by molar-refractivity contribution is 6.30. The number of nitrogens with zero attached hydrogens (tertiary/aromatic N) is 1. The molecule has 0 spiro atoms. The van der Waals surface area contributed by atoms with Gasteiger partial charge < -0.3 is 40.1 Å². The van der Waals surface area contributed by atoms with Gasteiger partial charge in [0, 0.05) is 23.0 Å². The third kappa shape index (κ3) is 9.58. The molecule has 0 bridgehead atoms. The SMILES string of the molecule is COC(=O)N(C(=O)[C@@H](N)[C@@H](c1ccc(Cl)cc1)c1ccc2c(c1)OCO2)c1cccc(F)c1CC[C@@H]1CN[C@H](COC(=O)NCC(F)(F)F)CO1. The fourth-order valence-electron chi connectivity index (χ4n) is 5.74. The first-order valence-electron chi connectivity index (χ1n) is 15.8. The standard InChI is InChI=1S/C34H35ClF4N4O8/c1-47-33(46)43(31(44)30(40)29(19-5-8-21(35)9-6-19)20-7-12-27-28(13-20)51-18-50-27)26-4-2-3-25(36)24(26)11-10-23-14-41-22(15-48-23)16-49-32(45)42-17-34(37,38)39/h2-9,12-13,22-23,29-30,41H,10-11,14-18,40H2,1H3,(H,42,45)/t22-,23+,29-,30-/m0/s1. The van der Waals surface area contributed by atoms with E-state index in [1.807, 2.05) is 0 Å². The van der Waals surface area contributed by atoms with Crippen LogP contribution in [0.3, 0.4) is 0 Å². The van der Waals surface area contributed by atoms with Crippen LogP contribution < -0.4 is 30.7 Å². The second kappa shape index (κ2) is 16.6. The maximum atomic E-state index is 15.5. The molecule has 17 heteroatoms. The van der Waals surface area contributed by atoms with Gasteiger partial charge in [0.25, 0.3) is 5.91 Å². The lowest BCUT2D eigenvalue weighted by Crippen LogP contribution is -2.50. The molecule has 2 heterocycles. The molecule has 5 rings (SSSR count). The Labute approximate surface area is 295 Å². The number of fused-ring (bicyclic) bond motifs is 1. The summed E-state index contributed by atoms with van der Waals surface area (Å²) in [6, 6.07) is 13.9. The molecular weight excluding hydrogens is 704 g/mol. The van der Waals surface area contributed by atoms with Crippen molar-refractivity contribution >= 4 is 35.4 Å². The second-order valence-corrected chi connectivity index (χ2v) is 12.2. The van der Waals surface area contributed by atoms with Crippen molar-refractivity contribution < 1.29 is 55.6 Å². The number of imide groups is 1. The van der Waals surface area contributed by atoms with Crippen molar-refractivity contribution in [3.63, 3.8) is 0 Å². The van der Waals surface area contributed by atoms with E-state index < -0.39 is 60.7 Å². The van der Waals surface area contributed by atoms with Gasteiger partial charge >= 0.3 is 18.4 Å². The molecule has 2 aliphatic rings. The molecule has 51 heavy (non-hydrogen) atoms. The number of halogens is 5. The zero-order valence-electron chi connectivity index (χ0n) is 27.2. The van der Waals surface area contributed by atoms with E-state index >= 15 is 4.39 Å². The van der Waals surface area contributed by atoms with Crippen LogP contribution in [0.5, 0.6) is 11.5 Å². The first kappa shape index (κ1) is 37.6. The molecule has 274 valence electrons. The molecule has 3 aromatic rings. The lowest BCUT2D eigenvalue weighted by Gasteiger charge is -2.31. The average Bonchev–Trinajstić information content (AvgIpc) is 3.59. The van der Waals surface area contributed by atoms with Gasteiger partial charge in [0.2, 0.25) is 6.79 Å². The summed E-state index contributed by atoms with van der Waals surface area (Å²) in [4.78, 5) is 39.8. The Morgan fingerprint density at radius 3 is 2.49 bits per heavy atom. The molecule has 2 aliphatic heterocycles. The van der Waals surface area contributed by atoms with Crippen LogP contribution in [-0.2, 0) is 25.4 Å². The molecule has 0 unspecified atom stereocenters. The number of hydrogen-bond acceptors (Lipinski definition) is 10. The van der Waals surface area contributed by atoms with Gasteiger partial charge in [-0.25, -0.2) is 18.9 Å². The summed E-state index contributed by atoms with van der Waals surface area (Å²) < 4.78 is 79.0. The highest BCUT2D eigenvalue weighted by Crippen LogP contribution is 2.38. The van der Waals surface area contributed by atoms with Crippen molar-refractivity contribution in [1.82, 2.24) is 10.6 Å². The van der Waals surface area contributed by atoms with E-state index in [0.29, 0.717) is 27.6 Å². The van der Waals surface area contributed by atoms with E-state index in [-0.39, 0.29) is 50.6 Å². The van der Waals surface area contributed by atoms with E-state index in [1.54, 1.807) is 47.8 Å². The highest BCUT2D eigenvalue weighted by Gasteiger charge is 2.37. The summed E-state index contributed by atoms with van der Waals surface area (Å²) in [7, 11) is 1.09. The number of nitrogens with one attached hydrogen (secondary N) is 2. The van der Waals surface area contributed by atoms with Crippen molar-refractivity contribution in [2.75, 3.05) is 45.1 Å². The van der Waals surface area contributed by atoms with Crippen molar-refractivity contribution in [1.29, 1.82) is 0 Å². The van der Waals surface area contributed by atoms with Crippen molar-refractivity contribution in [3.05, 3.63) is 88.2 Å². The minimum Gasteiger partial charge on any atom is -0.454 e. The number of morpholine rings is 1. The minimum absolute atomic E-state index is 0.0220. The topological polar surface area (TPSA) is 151 Å². The van der Waals surface area contributed by atoms with Crippen LogP contribution in [0.4, 0.5) is 32.8 Å². The van der Waals surface area contributed by atoms with E-state index in [9.17, 15) is 27.6 Å². The Morgan fingerprint density at radius 2 is 1.80 bits per heavy atom. The zero-order chi connectivity index (χ0) is 36.7. The number of methoxy groups -OCH3 is 1. The Morgan fingerprint density at radius 1 is 1.08 bits per heavy atom. The third-order valence-corrected chi connectivity index (χ3v) is 8.53. The van der Waals surface area contributed by atoms with Crippen molar-refractivity contribution in [3.8, 4) is 11.5 Å². The number of alkyl carbamates (subject to hydrolysis) is 1. The van der Waals surface area contributed by atoms with E-state index in [4.69, 9.17) is 41.0 Å². The van der Waals surface area contributed by atoms with Crippen LogP contribution in [0.25, 0.3) is 0 Å². The molecule has 4 atom stereocenters. The Kier molecular flexibility index (Phi) is 12.2. The van der Waals surface area contributed by atoms with Crippen LogP contribution in [-0.4, -0.2) is 82.7 Å². The maximum absolute atomic E-state index is 15.5. The molecule has 0 radical (unpaired) electrons. The normalized spacial score (nSPS) is 18.0. The van der Waals surface area contributed by atoms with E-state index in [1.165, 1.54) is 18.2 Å². The molecular formula is C34H35ClF4N4O8.